The molecule has 5 nitrogen and oxygen atoms in total. The number of allylic oxidation sites excluding steroid dienone is 2. The molecule has 250 valence electrons. The molecule has 0 radical (unpaired) electrons. The van der Waals surface area contributed by atoms with E-state index >= 15 is 0 Å². The van der Waals surface area contributed by atoms with Crippen LogP contribution in [0.2, 0.25) is 0 Å². The van der Waals surface area contributed by atoms with Crippen molar-refractivity contribution in [2.24, 2.45) is 16.5 Å². The van der Waals surface area contributed by atoms with Gasteiger partial charge < -0.3 is 11.5 Å². The van der Waals surface area contributed by atoms with Crippen molar-refractivity contribution < 1.29 is 0 Å². The van der Waals surface area contributed by atoms with Gasteiger partial charge in [0.1, 0.15) is 17.5 Å². The van der Waals surface area contributed by atoms with Crippen molar-refractivity contribution in [3.63, 3.8) is 0 Å². The molecule has 5 heteroatoms. The molecule has 1 heterocycles. The first-order valence-corrected chi connectivity index (χ1v) is 17.3. The minimum Gasteiger partial charge on any atom is -0.385 e. The van der Waals surface area contributed by atoms with E-state index in [4.69, 9.17) is 16.9 Å². The van der Waals surface area contributed by atoms with Crippen LogP contribution >= 0.6 is 0 Å². The molecule has 0 unspecified atom stereocenters. The van der Waals surface area contributed by atoms with E-state index in [2.05, 4.69) is 119 Å². The highest BCUT2D eigenvalue weighted by molar-refractivity contribution is 6.25. The maximum absolute atomic E-state index is 8.76. The normalized spacial score (nSPS) is 12.5. The Morgan fingerprint density at radius 3 is 1.73 bits per heavy atom. The number of aromatic nitrogens is 1. The van der Waals surface area contributed by atoms with Gasteiger partial charge in [-0.25, -0.2) is 4.99 Å². The lowest BCUT2D eigenvalue weighted by molar-refractivity contribution is 1.18. The lowest BCUT2D eigenvalue weighted by Crippen LogP contribution is -2.15. The lowest BCUT2D eigenvalue weighted by Gasteiger charge is -2.12. The van der Waals surface area contributed by atoms with Gasteiger partial charge in [0, 0.05) is 16.3 Å². The molecule has 0 amide bonds. The number of aliphatic imine (C=N–C) groups is 1. The highest BCUT2D eigenvalue weighted by Gasteiger charge is 2.18. The number of benzene rings is 7. The summed E-state index contributed by atoms with van der Waals surface area (Å²) in [6.07, 6.45) is 3.69. The van der Waals surface area contributed by atoms with Gasteiger partial charge in [0.05, 0.1) is 11.0 Å². The van der Waals surface area contributed by atoms with Crippen LogP contribution in [-0.4, -0.2) is 16.2 Å². The molecular weight excluding hydrogens is 635 g/mol. The fraction of sp³-hybridized carbons (Fsp3) is 0.0213. The second-order valence-corrected chi connectivity index (χ2v) is 12.9. The quantitative estimate of drug-likeness (QED) is 0.0893. The van der Waals surface area contributed by atoms with E-state index < -0.39 is 0 Å². The van der Waals surface area contributed by atoms with Crippen LogP contribution in [0.4, 0.5) is 0 Å². The second kappa shape index (κ2) is 13.7. The number of rotatable bonds is 7. The van der Waals surface area contributed by atoms with E-state index in [-0.39, 0.29) is 11.7 Å². The predicted octanol–water partition coefficient (Wildman–Crippen LogP) is 11.0. The summed E-state index contributed by atoms with van der Waals surface area (Å²) in [5.41, 5.74) is 23.6. The fourth-order valence-corrected chi connectivity index (χ4v) is 6.92. The molecule has 0 aliphatic carbocycles. The molecular formula is C47H37N5. The highest BCUT2D eigenvalue weighted by Crippen LogP contribution is 2.41. The molecule has 5 N–H and O–H groups in total. The summed E-state index contributed by atoms with van der Waals surface area (Å²) in [6.45, 7) is 1.85. The summed E-state index contributed by atoms with van der Waals surface area (Å²) in [5, 5.41) is 13.4. The van der Waals surface area contributed by atoms with E-state index in [1.165, 1.54) is 5.39 Å². The molecule has 0 saturated heterocycles. The van der Waals surface area contributed by atoms with Gasteiger partial charge in [0.25, 0.3) is 0 Å². The molecule has 0 spiro atoms. The molecule has 52 heavy (non-hydrogen) atoms. The Morgan fingerprint density at radius 1 is 0.538 bits per heavy atom. The fourth-order valence-electron chi connectivity index (χ4n) is 6.92. The summed E-state index contributed by atoms with van der Waals surface area (Å²) in [4.78, 5) is 4.45. The Bertz CT molecular complexity index is 2680. The van der Waals surface area contributed by atoms with Gasteiger partial charge >= 0.3 is 0 Å². The molecule has 8 aromatic rings. The van der Waals surface area contributed by atoms with Gasteiger partial charge in [-0.15, -0.1) is 0 Å². The molecule has 0 saturated carbocycles. The van der Waals surface area contributed by atoms with Crippen LogP contribution in [0.5, 0.6) is 0 Å². The van der Waals surface area contributed by atoms with Gasteiger partial charge in [-0.2, -0.15) is 0 Å². The summed E-state index contributed by atoms with van der Waals surface area (Å²) in [7, 11) is 0. The van der Waals surface area contributed by atoms with E-state index in [0.29, 0.717) is 11.4 Å². The zero-order valence-corrected chi connectivity index (χ0v) is 28.8. The number of hydrogen-bond acceptors (Lipinski definition) is 2. The van der Waals surface area contributed by atoms with Crippen molar-refractivity contribution in [3.8, 4) is 33.4 Å². The summed E-state index contributed by atoms with van der Waals surface area (Å²) >= 11 is 0. The Balaban J connectivity index is 1.22. The number of nitrogens with zero attached hydrogens (tertiary/aromatic N) is 2. The summed E-state index contributed by atoms with van der Waals surface area (Å²) in [6, 6.07) is 56.4. The number of nitrogens with two attached hydrogens (primary N) is 2. The van der Waals surface area contributed by atoms with Crippen LogP contribution in [-0.2, 0) is 0 Å². The smallest absolute Gasteiger partial charge is 0.149 e. The standard InChI is InChI=1S/C47H37N5/c1-31(46(49)51-47(50)36-24-22-34(23-25-36)32-13-5-2-6-14-32)21-28-44(48)52-42-29-37(33-15-7-3-8-16-33)26-27-40(42)45-39-20-12-11-19-38(39)41(30-43(45)52)35-17-9-4-10-18-35/h2-30H,48H2,1H3,(H3,49,50,51)/b31-21+,44-28+. The third-order valence-electron chi connectivity index (χ3n) is 9.62. The van der Waals surface area contributed by atoms with E-state index in [1.807, 2.05) is 73.7 Å². The zero-order valence-electron chi connectivity index (χ0n) is 28.8. The van der Waals surface area contributed by atoms with Gasteiger partial charge in [0.2, 0.25) is 0 Å². The number of amidine groups is 2. The van der Waals surface area contributed by atoms with E-state index in [1.54, 1.807) is 0 Å². The van der Waals surface area contributed by atoms with Crippen LogP contribution in [0.1, 0.15) is 12.5 Å². The zero-order chi connectivity index (χ0) is 35.6. The van der Waals surface area contributed by atoms with Gasteiger partial charge in [-0.05, 0) is 74.9 Å². The van der Waals surface area contributed by atoms with Crippen molar-refractivity contribution in [3.05, 3.63) is 187 Å². The first kappa shape index (κ1) is 32.2. The maximum atomic E-state index is 8.76. The van der Waals surface area contributed by atoms with Crippen LogP contribution in [0, 0.1) is 5.41 Å². The Morgan fingerprint density at radius 2 is 1.08 bits per heavy atom. The van der Waals surface area contributed by atoms with E-state index in [0.717, 1.165) is 66.1 Å². The summed E-state index contributed by atoms with van der Waals surface area (Å²) < 4.78 is 2.13. The molecule has 0 fully saturated rings. The summed E-state index contributed by atoms with van der Waals surface area (Å²) in [5.74, 6) is 0.880. The van der Waals surface area contributed by atoms with Gasteiger partial charge in [-0.3, -0.25) is 9.98 Å². The molecule has 0 aliphatic rings. The molecule has 1 aromatic heterocycles. The van der Waals surface area contributed by atoms with Crippen LogP contribution in [0.15, 0.2) is 187 Å². The van der Waals surface area contributed by atoms with Crippen LogP contribution < -0.4 is 11.5 Å². The van der Waals surface area contributed by atoms with Crippen molar-refractivity contribution in [1.82, 2.24) is 4.57 Å². The van der Waals surface area contributed by atoms with Crippen LogP contribution in [0.25, 0.3) is 71.8 Å². The minimum absolute atomic E-state index is 0.0691. The third-order valence-corrected chi connectivity index (χ3v) is 9.62. The van der Waals surface area contributed by atoms with Crippen molar-refractivity contribution in [1.29, 1.82) is 5.41 Å². The highest BCUT2D eigenvalue weighted by atomic mass is 15.1. The van der Waals surface area contributed by atoms with Crippen molar-refractivity contribution in [2.45, 2.75) is 6.92 Å². The van der Waals surface area contributed by atoms with Crippen molar-refractivity contribution in [2.75, 3.05) is 0 Å². The number of fused-ring (bicyclic) bond motifs is 5. The van der Waals surface area contributed by atoms with Crippen molar-refractivity contribution >= 4 is 50.1 Å². The Kier molecular flexibility index (Phi) is 8.51. The lowest BCUT2D eigenvalue weighted by atomic mass is 9.94. The first-order chi connectivity index (χ1) is 25.5. The van der Waals surface area contributed by atoms with Gasteiger partial charge in [-0.1, -0.05) is 158 Å². The number of hydrogen-bond donors (Lipinski definition) is 3. The molecule has 0 aliphatic heterocycles. The second-order valence-electron chi connectivity index (χ2n) is 12.9. The Hall–Kier alpha value is -6.98. The molecule has 7 aromatic carbocycles. The van der Waals surface area contributed by atoms with Gasteiger partial charge in [0.15, 0.2) is 0 Å². The Labute approximate surface area is 303 Å². The number of nitrogens with one attached hydrogen (secondary N) is 1. The molecule has 8 rings (SSSR count). The first-order valence-electron chi connectivity index (χ1n) is 17.3. The molecule has 0 atom stereocenters. The topological polar surface area (TPSA) is 93.2 Å². The maximum Gasteiger partial charge on any atom is 0.149 e. The SMILES string of the molecule is C/C(=C\C=C(/N)n1c2cc(-c3ccccc3)ccc2c2c3ccccc3c(-c3ccccc3)cc21)C(=N)N=C(N)c1ccc(-c2ccccc2)cc1. The largest absolute Gasteiger partial charge is 0.385 e. The average molecular weight is 672 g/mol. The third kappa shape index (κ3) is 6.05. The van der Waals surface area contributed by atoms with E-state index in [9.17, 15) is 0 Å². The van der Waals surface area contributed by atoms with Crippen LogP contribution in [0.3, 0.4) is 0 Å². The minimum atomic E-state index is 0.0691. The average Bonchev–Trinajstić information content (AvgIpc) is 3.54. The monoisotopic (exact) mass is 671 g/mol. The molecule has 0 bridgehead atoms. The predicted molar refractivity (Wildman–Crippen MR) is 220 cm³/mol.